The van der Waals surface area contributed by atoms with Gasteiger partial charge in [-0.3, -0.25) is 4.79 Å². The number of nitrogens with two attached hydrogens (primary N) is 1. The van der Waals surface area contributed by atoms with Crippen LogP contribution < -0.4 is 5.73 Å². The molecule has 110 valence electrons. The highest BCUT2D eigenvalue weighted by Gasteiger charge is 2.22. The van der Waals surface area contributed by atoms with Crippen molar-refractivity contribution in [1.29, 1.82) is 0 Å². The predicted octanol–water partition coefficient (Wildman–Crippen LogP) is 1.73. The minimum atomic E-state index is -0.214. The molecule has 1 aromatic heterocycles. The molecule has 1 amide bonds. The molecule has 3 rings (SSSR count). The van der Waals surface area contributed by atoms with Crippen LogP contribution in [0.25, 0.3) is 0 Å². The molecule has 0 unspecified atom stereocenters. The maximum atomic E-state index is 12.5. The first-order chi connectivity index (χ1) is 10.1. The second kappa shape index (κ2) is 5.37. The van der Waals surface area contributed by atoms with E-state index < -0.39 is 0 Å². The molecule has 1 aliphatic heterocycles. The Morgan fingerprint density at radius 1 is 1.48 bits per heavy atom. The molecule has 0 bridgehead atoms. The summed E-state index contributed by atoms with van der Waals surface area (Å²) < 4.78 is 2.07. The van der Waals surface area contributed by atoms with Crippen LogP contribution in [0.1, 0.15) is 28.4 Å². The van der Waals surface area contributed by atoms with Gasteiger partial charge in [0.05, 0.1) is 17.1 Å². The highest BCUT2D eigenvalue weighted by atomic mass is 35.5. The zero-order chi connectivity index (χ0) is 15.0. The van der Waals surface area contributed by atoms with Crippen LogP contribution in [-0.4, -0.2) is 32.6 Å². The molecule has 2 heterocycles. The lowest BCUT2D eigenvalue weighted by Gasteiger charge is -2.18. The van der Waals surface area contributed by atoms with E-state index in [-0.39, 0.29) is 5.91 Å². The average molecular weight is 306 g/mol. The van der Waals surface area contributed by atoms with E-state index in [1.165, 1.54) is 0 Å². The molecule has 0 aliphatic carbocycles. The van der Waals surface area contributed by atoms with Crippen LogP contribution in [0.3, 0.4) is 0 Å². The molecular weight excluding hydrogens is 290 g/mol. The lowest BCUT2D eigenvalue weighted by Crippen LogP contribution is -2.28. The summed E-state index contributed by atoms with van der Waals surface area (Å²) >= 11 is 6.08. The number of aromatic nitrogens is 3. The lowest BCUT2D eigenvalue weighted by atomic mass is 10.1. The third-order valence-electron chi connectivity index (χ3n) is 3.67. The number of amides is 1. The van der Waals surface area contributed by atoms with E-state index in [2.05, 4.69) is 14.8 Å². The van der Waals surface area contributed by atoms with Crippen LogP contribution in [0.2, 0.25) is 5.02 Å². The third-order valence-corrected chi connectivity index (χ3v) is 3.99. The monoisotopic (exact) mass is 305 g/mol. The average Bonchev–Trinajstić information content (AvgIpc) is 3.03. The SMILES string of the molecule is CN(Cc1nnc2n1CCC2)C(=O)c1c(N)cccc1Cl. The largest absolute Gasteiger partial charge is 0.398 e. The molecule has 6 nitrogen and oxygen atoms in total. The summed E-state index contributed by atoms with van der Waals surface area (Å²) in [6, 6.07) is 5.05. The van der Waals surface area contributed by atoms with Crippen molar-refractivity contribution in [2.24, 2.45) is 0 Å². The summed E-state index contributed by atoms with van der Waals surface area (Å²) in [6.45, 7) is 1.30. The number of hydrogen-bond donors (Lipinski definition) is 1. The number of rotatable bonds is 3. The fourth-order valence-corrected chi connectivity index (χ4v) is 2.83. The zero-order valence-corrected chi connectivity index (χ0v) is 12.5. The molecular formula is C14H16ClN5O. The second-order valence-corrected chi connectivity index (χ2v) is 5.56. The number of fused-ring (bicyclic) bond motifs is 1. The minimum absolute atomic E-state index is 0.214. The van der Waals surface area contributed by atoms with Gasteiger partial charge < -0.3 is 15.2 Å². The van der Waals surface area contributed by atoms with E-state index in [1.807, 2.05) is 0 Å². The molecule has 0 radical (unpaired) electrons. The van der Waals surface area contributed by atoms with Crippen molar-refractivity contribution >= 4 is 23.2 Å². The molecule has 0 saturated carbocycles. The van der Waals surface area contributed by atoms with Gasteiger partial charge in [-0.05, 0) is 18.6 Å². The topological polar surface area (TPSA) is 77.0 Å². The van der Waals surface area contributed by atoms with Crippen LogP contribution >= 0.6 is 11.6 Å². The van der Waals surface area contributed by atoms with Crippen LogP contribution in [0.15, 0.2) is 18.2 Å². The van der Waals surface area contributed by atoms with Crippen LogP contribution in [0, 0.1) is 0 Å². The number of benzene rings is 1. The van der Waals surface area contributed by atoms with E-state index in [9.17, 15) is 4.79 Å². The van der Waals surface area contributed by atoms with E-state index in [0.29, 0.717) is 22.8 Å². The van der Waals surface area contributed by atoms with Gasteiger partial charge in [-0.15, -0.1) is 10.2 Å². The summed E-state index contributed by atoms with van der Waals surface area (Å²) in [4.78, 5) is 14.1. The van der Waals surface area contributed by atoms with E-state index in [4.69, 9.17) is 17.3 Å². The normalized spacial score (nSPS) is 13.2. The Kier molecular flexibility index (Phi) is 3.55. The second-order valence-electron chi connectivity index (χ2n) is 5.15. The standard InChI is InChI=1S/C14H16ClN5O/c1-19(8-12-18-17-11-6-3-7-20(11)12)14(21)13-9(15)4-2-5-10(13)16/h2,4-5H,3,6-8,16H2,1H3. The number of nitrogen functional groups attached to an aromatic ring is 1. The van der Waals surface area contributed by atoms with Crippen molar-refractivity contribution in [3.05, 3.63) is 40.4 Å². The highest BCUT2D eigenvalue weighted by molar-refractivity contribution is 6.34. The minimum Gasteiger partial charge on any atom is -0.398 e. The number of hydrogen-bond acceptors (Lipinski definition) is 4. The fourth-order valence-electron chi connectivity index (χ4n) is 2.57. The van der Waals surface area contributed by atoms with Gasteiger partial charge in [0, 0.05) is 25.7 Å². The molecule has 0 fully saturated rings. The summed E-state index contributed by atoms with van der Waals surface area (Å²) in [5, 5.41) is 8.65. The van der Waals surface area contributed by atoms with Crippen molar-refractivity contribution in [2.45, 2.75) is 25.9 Å². The van der Waals surface area contributed by atoms with E-state index >= 15 is 0 Å². The van der Waals surface area contributed by atoms with Gasteiger partial charge >= 0.3 is 0 Å². The zero-order valence-electron chi connectivity index (χ0n) is 11.7. The first-order valence-electron chi connectivity index (χ1n) is 6.78. The number of carbonyl (C=O) groups is 1. The molecule has 0 saturated heterocycles. The number of halogens is 1. The van der Waals surface area contributed by atoms with Gasteiger partial charge in [-0.1, -0.05) is 17.7 Å². The predicted molar refractivity (Wildman–Crippen MR) is 80.0 cm³/mol. The van der Waals surface area contributed by atoms with Gasteiger partial charge in [0.15, 0.2) is 5.82 Å². The van der Waals surface area contributed by atoms with E-state index in [1.54, 1.807) is 30.1 Å². The van der Waals surface area contributed by atoms with Crippen molar-refractivity contribution in [2.75, 3.05) is 12.8 Å². The number of aryl methyl sites for hydroxylation is 1. The smallest absolute Gasteiger partial charge is 0.257 e. The van der Waals surface area contributed by atoms with Gasteiger partial charge in [0.25, 0.3) is 5.91 Å². The van der Waals surface area contributed by atoms with Crippen molar-refractivity contribution < 1.29 is 4.79 Å². The molecule has 1 aliphatic rings. The Bertz CT molecular complexity index is 676. The van der Waals surface area contributed by atoms with Crippen molar-refractivity contribution in [3.63, 3.8) is 0 Å². The lowest BCUT2D eigenvalue weighted by molar-refractivity contribution is 0.0781. The molecule has 1 aromatic carbocycles. The molecule has 0 atom stereocenters. The maximum Gasteiger partial charge on any atom is 0.257 e. The molecule has 2 aromatic rings. The Morgan fingerprint density at radius 2 is 2.29 bits per heavy atom. The molecule has 0 spiro atoms. The Hall–Kier alpha value is -2.08. The van der Waals surface area contributed by atoms with Gasteiger partial charge in [-0.25, -0.2) is 0 Å². The number of anilines is 1. The Labute approximate surface area is 127 Å². The molecule has 21 heavy (non-hydrogen) atoms. The first kappa shape index (κ1) is 13.9. The quantitative estimate of drug-likeness (QED) is 0.876. The van der Waals surface area contributed by atoms with Crippen LogP contribution in [-0.2, 0) is 19.5 Å². The van der Waals surface area contributed by atoms with Gasteiger partial charge in [0.1, 0.15) is 5.82 Å². The molecule has 7 heteroatoms. The first-order valence-corrected chi connectivity index (χ1v) is 7.16. The summed E-state index contributed by atoms with van der Waals surface area (Å²) in [5.74, 6) is 1.57. The summed E-state index contributed by atoms with van der Waals surface area (Å²) in [5.41, 5.74) is 6.57. The van der Waals surface area contributed by atoms with Crippen LogP contribution in [0.5, 0.6) is 0 Å². The Morgan fingerprint density at radius 3 is 3.05 bits per heavy atom. The number of carbonyl (C=O) groups excluding carboxylic acids is 1. The van der Waals surface area contributed by atoms with E-state index in [0.717, 1.165) is 31.0 Å². The van der Waals surface area contributed by atoms with Gasteiger partial charge in [-0.2, -0.15) is 0 Å². The summed E-state index contributed by atoms with van der Waals surface area (Å²) in [6.07, 6.45) is 2.02. The van der Waals surface area contributed by atoms with Crippen molar-refractivity contribution in [1.82, 2.24) is 19.7 Å². The maximum absolute atomic E-state index is 12.5. The van der Waals surface area contributed by atoms with Gasteiger partial charge in [0.2, 0.25) is 0 Å². The third kappa shape index (κ3) is 2.47. The highest BCUT2D eigenvalue weighted by Crippen LogP contribution is 2.24. The summed E-state index contributed by atoms with van der Waals surface area (Å²) in [7, 11) is 1.71. The molecule has 2 N–H and O–H groups in total. The Balaban J connectivity index is 1.82. The van der Waals surface area contributed by atoms with Crippen LogP contribution in [0.4, 0.5) is 5.69 Å². The fraction of sp³-hybridized carbons (Fsp3) is 0.357. The number of nitrogens with zero attached hydrogens (tertiary/aromatic N) is 4. The van der Waals surface area contributed by atoms with Crippen molar-refractivity contribution in [3.8, 4) is 0 Å².